The first-order chi connectivity index (χ1) is 12.1. The quantitative estimate of drug-likeness (QED) is 0.518. The molecule has 0 heterocycles. The Morgan fingerprint density at radius 3 is 1.32 bits per heavy atom. The molecule has 2 nitrogen and oxygen atoms in total. The zero-order valence-corrected chi connectivity index (χ0v) is 16.1. The first-order valence-corrected chi connectivity index (χ1v) is 9.54. The van der Waals surface area contributed by atoms with Crippen LogP contribution in [0.4, 0.5) is 0 Å². The third-order valence-corrected chi connectivity index (χ3v) is 4.72. The second-order valence-electron chi connectivity index (χ2n) is 7.11. The zero-order chi connectivity index (χ0) is 18.1. The average molecular weight is 341 g/mol. The monoisotopic (exact) mass is 340 g/mol. The van der Waals surface area contributed by atoms with Crippen molar-refractivity contribution in [1.29, 1.82) is 0 Å². The Morgan fingerprint density at radius 2 is 1.00 bits per heavy atom. The SMILES string of the molecule is CC[C@@H](C)COc1ccc(Cc2ccc(OC[C@@H](C)CC)cc2)cc1. The third-order valence-electron chi connectivity index (χ3n) is 4.72. The first kappa shape index (κ1) is 19.4. The molecule has 2 rings (SSSR count). The summed E-state index contributed by atoms with van der Waals surface area (Å²) in [5.74, 6) is 3.11. The molecule has 0 bridgehead atoms. The summed E-state index contributed by atoms with van der Waals surface area (Å²) in [4.78, 5) is 0. The maximum Gasteiger partial charge on any atom is 0.119 e. The second kappa shape index (κ2) is 10.1. The lowest BCUT2D eigenvalue weighted by molar-refractivity contribution is 0.256. The fourth-order valence-electron chi connectivity index (χ4n) is 2.36. The summed E-state index contributed by atoms with van der Waals surface area (Å²) in [5.41, 5.74) is 2.59. The highest BCUT2D eigenvalue weighted by molar-refractivity contribution is 5.34. The summed E-state index contributed by atoms with van der Waals surface area (Å²) < 4.78 is 11.6. The van der Waals surface area contributed by atoms with Crippen molar-refractivity contribution in [1.82, 2.24) is 0 Å². The van der Waals surface area contributed by atoms with Gasteiger partial charge < -0.3 is 9.47 Å². The molecule has 0 aliphatic heterocycles. The summed E-state index contributed by atoms with van der Waals surface area (Å²) in [5, 5.41) is 0. The highest BCUT2D eigenvalue weighted by Gasteiger charge is 2.03. The molecule has 2 atom stereocenters. The van der Waals surface area contributed by atoms with E-state index in [-0.39, 0.29) is 0 Å². The van der Waals surface area contributed by atoms with Crippen LogP contribution in [-0.4, -0.2) is 13.2 Å². The minimum atomic E-state index is 0.598. The van der Waals surface area contributed by atoms with Crippen LogP contribution in [0.5, 0.6) is 11.5 Å². The summed E-state index contributed by atoms with van der Waals surface area (Å²) in [6.07, 6.45) is 3.22. The predicted molar refractivity (Wildman–Crippen MR) is 106 cm³/mol. The third kappa shape index (κ3) is 6.81. The highest BCUT2D eigenvalue weighted by Crippen LogP contribution is 2.19. The lowest BCUT2D eigenvalue weighted by Gasteiger charge is -2.12. The molecule has 2 aromatic rings. The largest absolute Gasteiger partial charge is 0.493 e. The standard InChI is InChI=1S/C23H32O2/c1-5-18(3)16-24-22-11-7-20(8-12-22)15-21-9-13-23(14-10-21)25-17-19(4)6-2/h7-14,18-19H,5-6,15-17H2,1-4H3/t18-,19+. The minimum Gasteiger partial charge on any atom is -0.493 e. The molecular formula is C23H32O2. The molecule has 0 saturated heterocycles. The first-order valence-electron chi connectivity index (χ1n) is 9.54. The van der Waals surface area contributed by atoms with Crippen LogP contribution in [0, 0.1) is 11.8 Å². The molecule has 0 unspecified atom stereocenters. The lowest BCUT2D eigenvalue weighted by Crippen LogP contribution is -2.07. The topological polar surface area (TPSA) is 18.5 Å². The van der Waals surface area contributed by atoms with Gasteiger partial charge in [0.05, 0.1) is 13.2 Å². The van der Waals surface area contributed by atoms with Crippen LogP contribution in [0.2, 0.25) is 0 Å². The van der Waals surface area contributed by atoms with E-state index in [0.717, 1.165) is 44.0 Å². The fourth-order valence-corrected chi connectivity index (χ4v) is 2.36. The highest BCUT2D eigenvalue weighted by atomic mass is 16.5. The van der Waals surface area contributed by atoms with Gasteiger partial charge in [0.1, 0.15) is 11.5 Å². The summed E-state index contributed by atoms with van der Waals surface area (Å²) in [6.45, 7) is 10.4. The fraction of sp³-hybridized carbons (Fsp3) is 0.478. The molecule has 0 saturated carbocycles. The molecule has 0 aliphatic rings. The molecule has 0 spiro atoms. The molecular weight excluding hydrogens is 308 g/mol. The smallest absolute Gasteiger partial charge is 0.119 e. The molecule has 0 N–H and O–H groups in total. The van der Waals surface area contributed by atoms with Gasteiger partial charge >= 0.3 is 0 Å². The normalized spacial score (nSPS) is 13.3. The van der Waals surface area contributed by atoms with Gasteiger partial charge in [0, 0.05) is 0 Å². The Balaban J connectivity index is 1.85. The molecule has 0 aromatic heterocycles. The Kier molecular flexibility index (Phi) is 7.84. The van der Waals surface area contributed by atoms with Crippen LogP contribution >= 0.6 is 0 Å². The van der Waals surface area contributed by atoms with Crippen molar-refractivity contribution in [3.05, 3.63) is 59.7 Å². The zero-order valence-electron chi connectivity index (χ0n) is 16.1. The number of ether oxygens (including phenoxy) is 2. The average Bonchev–Trinajstić information content (AvgIpc) is 2.66. The van der Waals surface area contributed by atoms with Crippen LogP contribution in [0.1, 0.15) is 51.7 Å². The van der Waals surface area contributed by atoms with E-state index in [1.807, 2.05) is 0 Å². The Bertz CT molecular complexity index is 545. The van der Waals surface area contributed by atoms with E-state index in [2.05, 4.69) is 76.2 Å². The van der Waals surface area contributed by atoms with Crippen molar-refractivity contribution in [2.24, 2.45) is 11.8 Å². The van der Waals surface area contributed by atoms with Crippen molar-refractivity contribution < 1.29 is 9.47 Å². The van der Waals surface area contributed by atoms with Crippen LogP contribution in [0.25, 0.3) is 0 Å². The van der Waals surface area contributed by atoms with E-state index < -0.39 is 0 Å². The molecule has 136 valence electrons. The van der Waals surface area contributed by atoms with Crippen molar-refractivity contribution >= 4 is 0 Å². The molecule has 2 aromatic carbocycles. The number of rotatable bonds is 10. The Labute approximate surface area is 153 Å². The number of hydrogen-bond acceptors (Lipinski definition) is 2. The number of benzene rings is 2. The van der Waals surface area contributed by atoms with Crippen LogP contribution in [0.15, 0.2) is 48.5 Å². The summed E-state index contributed by atoms with van der Waals surface area (Å²) in [7, 11) is 0. The number of hydrogen-bond donors (Lipinski definition) is 0. The van der Waals surface area contributed by atoms with Crippen molar-refractivity contribution in [2.45, 2.75) is 47.0 Å². The second-order valence-corrected chi connectivity index (χ2v) is 7.11. The Morgan fingerprint density at radius 1 is 0.640 bits per heavy atom. The van der Waals surface area contributed by atoms with E-state index in [1.54, 1.807) is 0 Å². The lowest BCUT2D eigenvalue weighted by atomic mass is 10.0. The van der Waals surface area contributed by atoms with E-state index in [9.17, 15) is 0 Å². The van der Waals surface area contributed by atoms with Crippen LogP contribution < -0.4 is 9.47 Å². The van der Waals surface area contributed by atoms with Gasteiger partial charge in [-0.15, -0.1) is 0 Å². The van der Waals surface area contributed by atoms with Crippen molar-refractivity contribution in [3.63, 3.8) is 0 Å². The molecule has 0 radical (unpaired) electrons. The maximum atomic E-state index is 5.82. The van der Waals surface area contributed by atoms with Crippen LogP contribution in [-0.2, 0) is 6.42 Å². The minimum absolute atomic E-state index is 0.598. The van der Waals surface area contributed by atoms with E-state index in [1.165, 1.54) is 11.1 Å². The molecule has 2 heteroatoms. The van der Waals surface area contributed by atoms with Crippen molar-refractivity contribution in [2.75, 3.05) is 13.2 Å². The van der Waals surface area contributed by atoms with Gasteiger partial charge in [0.15, 0.2) is 0 Å². The summed E-state index contributed by atoms with van der Waals surface area (Å²) in [6, 6.07) is 16.9. The van der Waals surface area contributed by atoms with Gasteiger partial charge in [-0.3, -0.25) is 0 Å². The van der Waals surface area contributed by atoms with Gasteiger partial charge in [-0.1, -0.05) is 64.8 Å². The van der Waals surface area contributed by atoms with Gasteiger partial charge in [-0.25, -0.2) is 0 Å². The van der Waals surface area contributed by atoms with Gasteiger partial charge in [0.2, 0.25) is 0 Å². The van der Waals surface area contributed by atoms with Gasteiger partial charge in [-0.05, 0) is 53.6 Å². The van der Waals surface area contributed by atoms with E-state index in [4.69, 9.17) is 9.47 Å². The van der Waals surface area contributed by atoms with Crippen molar-refractivity contribution in [3.8, 4) is 11.5 Å². The molecule has 0 aliphatic carbocycles. The van der Waals surface area contributed by atoms with Crippen LogP contribution in [0.3, 0.4) is 0 Å². The summed E-state index contributed by atoms with van der Waals surface area (Å²) >= 11 is 0. The van der Waals surface area contributed by atoms with Gasteiger partial charge in [0.25, 0.3) is 0 Å². The van der Waals surface area contributed by atoms with Gasteiger partial charge in [-0.2, -0.15) is 0 Å². The molecule has 25 heavy (non-hydrogen) atoms. The Hall–Kier alpha value is -1.96. The molecule has 0 fully saturated rings. The predicted octanol–water partition coefficient (Wildman–Crippen LogP) is 6.13. The molecule has 0 amide bonds. The van der Waals surface area contributed by atoms with E-state index >= 15 is 0 Å². The van der Waals surface area contributed by atoms with E-state index in [0.29, 0.717) is 11.8 Å². The maximum absolute atomic E-state index is 5.82.